The Kier molecular flexibility index (Phi) is 4.60. The van der Waals surface area contributed by atoms with Crippen LogP contribution in [-0.2, 0) is 4.74 Å². The largest absolute Gasteiger partial charge is 0.378 e. The molecular formula is C13H27NO. The third-order valence-electron chi connectivity index (χ3n) is 3.06. The molecule has 90 valence electrons. The molecule has 1 fully saturated rings. The van der Waals surface area contributed by atoms with Gasteiger partial charge in [-0.25, -0.2) is 0 Å². The lowest BCUT2D eigenvalue weighted by atomic mass is 9.99. The normalized spacial score (nSPS) is 21.2. The number of hydrogen-bond acceptors (Lipinski definition) is 2. The Morgan fingerprint density at radius 2 is 1.73 bits per heavy atom. The zero-order valence-corrected chi connectivity index (χ0v) is 11.0. The fraction of sp³-hybridized carbons (Fsp3) is 1.00. The van der Waals surface area contributed by atoms with Gasteiger partial charge in [0.15, 0.2) is 0 Å². The van der Waals surface area contributed by atoms with Crippen LogP contribution >= 0.6 is 0 Å². The van der Waals surface area contributed by atoms with Crippen molar-refractivity contribution in [1.29, 1.82) is 0 Å². The van der Waals surface area contributed by atoms with Gasteiger partial charge in [0.2, 0.25) is 0 Å². The summed E-state index contributed by atoms with van der Waals surface area (Å²) in [5.41, 5.74) is 0.322. The lowest BCUT2D eigenvalue weighted by Crippen LogP contribution is -2.47. The van der Waals surface area contributed by atoms with Crippen LogP contribution in [0.3, 0.4) is 0 Å². The minimum Gasteiger partial charge on any atom is -0.378 e. The van der Waals surface area contributed by atoms with Crippen molar-refractivity contribution in [3.8, 4) is 0 Å². The highest BCUT2D eigenvalue weighted by Gasteiger charge is 2.27. The maximum atomic E-state index is 5.88. The third kappa shape index (κ3) is 4.52. The van der Waals surface area contributed by atoms with E-state index in [0.717, 1.165) is 6.61 Å². The Balaban J connectivity index is 2.24. The average Bonchev–Trinajstić information content (AvgIpc) is 2.14. The van der Waals surface area contributed by atoms with Gasteiger partial charge in [0.25, 0.3) is 0 Å². The minimum atomic E-state index is 0.322. The number of ether oxygens (including phenoxy) is 1. The summed E-state index contributed by atoms with van der Waals surface area (Å²) in [6.07, 6.45) is 2.90. The molecule has 1 aliphatic heterocycles. The van der Waals surface area contributed by atoms with Gasteiger partial charge >= 0.3 is 0 Å². The molecule has 0 aliphatic carbocycles. The zero-order chi connectivity index (χ0) is 11.5. The quantitative estimate of drug-likeness (QED) is 0.714. The van der Waals surface area contributed by atoms with Gasteiger partial charge in [-0.05, 0) is 39.5 Å². The first-order chi connectivity index (χ1) is 6.89. The molecule has 2 heteroatoms. The smallest absolute Gasteiger partial charge is 0.0599 e. The molecule has 1 heterocycles. The maximum Gasteiger partial charge on any atom is 0.0599 e. The number of likely N-dealkylation sites (tertiary alicyclic amines) is 1. The Bertz CT molecular complexity index is 175. The molecule has 0 saturated carbocycles. The van der Waals surface area contributed by atoms with Gasteiger partial charge < -0.3 is 4.74 Å². The second kappa shape index (κ2) is 5.31. The Labute approximate surface area is 95.0 Å². The van der Waals surface area contributed by atoms with E-state index in [1.807, 2.05) is 0 Å². The lowest BCUT2D eigenvalue weighted by molar-refractivity contribution is -0.0219. The van der Waals surface area contributed by atoms with Crippen LogP contribution < -0.4 is 0 Å². The fourth-order valence-electron chi connectivity index (χ4n) is 2.02. The average molecular weight is 213 g/mol. The summed E-state index contributed by atoms with van der Waals surface area (Å²) in [7, 11) is 0. The summed E-state index contributed by atoms with van der Waals surface area (Å²) < 4.78 is 5.88. The van der Waals surface area contributed by atoms with Crippen LogP contribution in [0.1, 0.15) is 47.5 Å². The van der Waals surface area contributed by atoms with Gasteiger partial charge in [-0.3, -0.25) is 4.90 Å². The fourth-order valence-corrected chi connectivity index (χ4v) is 2.02. The van der Waals surface area contributed by atoms with E-state index in [2.05, 4.69) is 39.5 Å². The van der Waals surface area contributed by atoms with Crippen molar-refractivity contribution in [2.24, 2.45) is 5.92 Å². The van der Waals surface area contributed by atoms with Crippen LogP contribution in [0.2, 0.25) is 0 Å². The molecule has 0 unspecified atom stereocenters. The highest BCUT2D eigenvalue weighted by Crippen LogP contribution is 2.21. The molecule has 0 radical (unpaired) electrons. The highest BCUT2D eigenvalue weighted by atomic mass is 16.5. The maximum absolute atomic E-state index is 5.88. The monoisotopic (exact) mass is 213 g/mol. The van der Waals surface area contributed by atoms with Crippen molar-refractivity contribution in [2.75, 3.05) is 19.7 Å². The van der Waals surface area contributed by atoms with E-state index in [1.54, 1.807) is 0 Å². The van der Waals surface area contributed by atoms with Crippen molar-refractivity contribution >= 4 is 0 Å². The molecule has 0 amide bonds. The van der Waals surface area contributed by atoms with Gasteiger partial charge in [0, 0.05) is 25.2 Å². The number of nitrogens with zero attached hydrogens (tertiary/aromatic N) is 1. The van der Waals surface area contributed by atoms with Crippen molar-refractivity contribution in [3.05, 3.63) is 0 Å². The van der Waals surface area contributed by atoms with Gasteiger partial charge in [-0.2, -0.15) is 0 Å². The molecule has 0 aromatic heterocycles. The van der Waals surface area contributed by atoms with Crippen LogP contribution in [0.5, 0.6) is 0 Å². The zero-order valence-electron chi connectivity index (χ0n) is 11.0. The Morgan fingerprint density at radius 1 is 1.20 bits per heavy atom. The Morgan fingerprint density at radius 3 is 2.13 bits per heavy atom. The van der Waals surface area contributed by atoms with Crippen molar-refractivity contribution in [2.45, 2.75) is 59.1 Å². The van der Waals surface area contributed by atoms with Crippen LogP contribution in [0, 0.1) is 5.92 Å². The van der Waals surface area contributed by atoms with E-state index < -0.39 is 0 Å². The molecule has 0 aromatic rings. The second-order valence-corrected chi connectivity index (χ2v) is 6.08. The molecule has 15 heavy (non-hydrogen) atoms. The number of hydrogen-bond donors (Lipinski definition) is 0. The molecule has 1 rings (SSSR count). The van der Waals surface area contributed by atoms with Gasteiger partial charge in [0.1, 0.15) is 0 Å². The molecule has 1 aliphatic rings. The first-order valence-electron chi connectivity index (χ1n) is 6.26. The van der Waals surface area contributed by atoms with Crippen molar-refractivity contribution in [1.82, 2.24) is 4.90 Å². The van der Waals surface area contributed by atoms with Crippen LogP contribution in [0.4, 0.5) is 0 Å². The molecule has 0 spiro atoms. The molecule has 1 saturated heterocycles. The van der Waals surface area contributed by atoms with E-state index in [9.17, 15) is 0 Å². The minimum absolute atomic E-state index is 0.322. The molecule has 2 nitrogen and oxygen atoms in total. The summed E-state index contributed by atoms with van der Waals surface area (Å²) in [5, 5.41) is 0. The van der Waals surface area contributed by atoms with Gasteiger partial charge in [0.05, 0.1) is 6.10 Å². The standard InChI is InChI=1S/C13H27NO/c1-11(2)10-15-12-6-8-14(9-7-12)13(3,4)5/h11-12H,6-10H2,1-5H3. The molecule has 0 atom stereocenters. The van der Waals surface area contributed by atoms with Crippen LogP contribution in [0.25, 0.3) is 0 Å². The van der Waals surface area contributed by atoms with E-state index in [0.29, 0.717) is 17.6 Å². The predicted octanol–water partition coefficient (Wildman–Crippen LogP) is 2.92. The summed E-state index contributed by atoms with van der Waals surface area (Å²) in [6, 6.07) is 0. The summed E-state index contributed by atoms with van der Waals surface area (Å²) in [6.45, 7) is 14.6. The Hall–Kier alpha value is -0.0800. The summed E-state index contributed by atoms with van der Waals surface area (Å²) >= 11 is 0. The number of rotatable bonds is 3. The highest BCUT2D eigenvalue weighted by molar-refractivity contribution is 4.82. The molecule has 0 bridgehead atoms. The van der Waals surface area contributed by atoms with Crippen LogP contribution in [-0.4, -0.2) is 36.2 Å². The molecule has 0 N–H and O–H groups in total. The van der Waals surface area contributed by atoms with Crippen LogP contribution in [0.15, 0.2) is 0 Å². The predicted molar refractivity (Wildman–Crippen MR) is 65.1 cm³/mol. The topological polar surface area (TPSA) is 12.5 Å². The third-order valence-corrected chi connectivity index (χ3v) is 3.06. The first-order valence-corrected chi connectivity index (χ1v) is 6.26. The lowest BCUT2D eigenvalue weighted by Gasteiger charge is -2.40. The van der Waals surface area contributed by atoms with E-state index in [1.165, 1.54) is 25.9 Å². The number of piperidine rings is 1. The second-order valence-electron chi connectivity index (χ2n) is 6.08. The van der Waals surface area contributed by atoms with Crippen molar-refractivity contribution in [3.63, 3.8) is 0 Å². The SMILES string of the molecule is CC(C)COC1CCN(C(C)(C)C)CC1. The molecule has 0 aromatic carbocycles. The summed E-state index contributed by atoms with van der Waals surface area (Å²) in [4.78, 5) is 2.56. The first kappa shape index (κ1) is 13.0. The summed E-state index contributed by atoms with van der Waals surface area (Å²) in [5.74, 6) is 0.658. The van der Waals surface area contributed by atoms with E-state index >= 15 is 0 Å². The van der Waals surface area contributed by atoms with Gasteiger partial charge in [-0.15, -0.1) is 0 Å². The van der Waals surface area contributed by atoms with E-state index in [-0.39, 0.29) is 0 Å². The van der Waals surface area contributed by atoms with E-state index in [4.69, 9.17) is 4.74 Å². The van der Waals surface area contributed by atoms with Crippen molar-refractivity contribution < 1.29 is 4.74 Å². The molecular weight excluding hydrogens is 186 g/mol. The van der Waals surface area contributed by atoms with Gasteiger partial charge in [-0.1, -0.05) is 13.8 Å².